The number of carbonyl (C=O) groups is 2. The van der Waals surface area contributed by atoms with Crippen molar-refractivity contribution in [2.75, 3.05) is 19.7 Å². The lowest BCUT2D eigenvalue weighted by Gasteiger charge is -2.31. The molecule has 6 heteroatoms. The van der Waals surface area contributed by atoms with E-state index in [9.17, 15) is 18.4 Å². The van der Waals surface area contributed by atoms with Crippen LogP contribution in [-0.2, 0) is 9.53 Å². The Morgan fingerprint density at radius 1 is 1.12 bits per heavy atom. The molecule has 0 saturated carbocycles. The quantitative estimate of drug-likeness (QED) is 0.507. The molecule has 0 aromatic heterocycles. The Morgan fingerprint density at radius 3 is 2.46 bits per heavy atom. The number of piperidine rings is 1. The number of carbonyl (C=O) groups excluding carboxylic acids is 2. The monoisotopic (exact) mass is 367 g/mol. The van der Waals surface area contributed by atoms with Gasteiger partial charge in [0.25, 0.3) is 5.91 Å². The number of hydrogen-bond donors (Lipinski definition) is 0. The second kappa shape index (κ2) is 10.2. The van der Waals surface area contributed by atoms with Crippen molar-refractivity contribution in [3.8, 4) is 0 Å². The molecule has 2 rings (SSSR count). The Morgan fingerprint density at radius 2 is 1.81 bits per heavy atom. The number of benzene rings is 1. The van der Waals surface area contributed by atoms with Gasteiger partial charge in [-0.25, -0.2) is 8.78 Å². The molecule has 0 N–H and O–H groups in total. The number of amides is 1. The van der Waals surface area contributed by atoms with Gasteiger partial charge >= 0.3 is 5.97 Å². The SMILES string of the molecule is CCCCCCCOC(=O)C1CCN(C(=O)c2ccc(F)cc2F)CC1. The van der Waals surface area contributed by atoms with Crippen molar-refractivity contribution in [1.29, 1.82) is 0 Å². The summed E-state index contributed by atoms with van der Waals surface area (Å²) in [5.74, 6) is -2.46. The molecule has 0 radical (unpaired) electrons. The molecule has 0 spiro atoms. The summed E-state index contributed by atoms with van der Waals surface area (Å²) in [5.41, 5.74) is -0.139. The predicted octanol–water partition coefficient (Wildman–Crippen LogP) is 4.33. The Bertz CT molecular complexity index is 613. The van der Waals surface area contributed by atoms with Crippen LogP contribution in [-0.4, -0.2) is 36.5 Å². The van der Waals surface area contributed by atoms with Crippen LogP contribution in [0.4, 0.5) is 8.78 Å². The van der Waals surface area contributed by atoms with Crippen LogP contribution in [0.2, 0.25) is 0 Å². The highest BCUT2D eigenvalue weighted by Gasteiger charge is 2.29. The molecule has 0 aliphatic carbocycles. The third kappa shape index (κ3) is 5.78. The second-order valence-corrected chi connectivity index (χ2v) is 6.77. The van der Waals surface area contributed by atoms with Crippen molar-refractivity contribution in [2.24, 2.45) is 5.92 Å². The van der Waals surface area contributed by atoms with Crippen LogP contribution >= 0.6 is 0 Å². The van der Waals surface area contributed by atoms with E-state index in [1.807, 2.05) is 0 Å². The second-order valence-electron chi connectivity index (χ2n) is 6.77. The van der Waals surface area contributed by atoms with Gasteiger partial charge in [0.05, 0.1) is 18.1 Å². The fourth-order valence-corrected chi connectivity index (χ4v) is 3.15. The summed E-state index contributed by atoms with van der Waals surface area (Å²) in [6, 6.07) is 2.94. The van der Waals surface area contributed by atoms with Crippen LogP contribution in [0.3, 0.4) is 0 Å². The fraction of sp³-hybridized carbons (Fsp3) is 0.600. The molecule has 0 atom stereocenters. The summed E-state index contributed by atoms with van der Waals surface area (Å²) in [6.45, 7) is 3.34. The lowest BCUT2D eigenvalue weighted by atomic mass is 9.96. The topological polar surface area (TPSA) is 46.6 Å². The predicted molar refractivity (Wildman–Crippen MR) is 94.7 cm³/mol. The van der Waals surface area contributed by atoms with E-state index in [2.05, 4.69) is 6.92 Å². The van der Waals surface area contributed by atoms with Gasteiger partial charge in [-0.05, 0) is 31.4 Å². The van der Waals surface area contributed by atoms with Crippen LogP contribution in [0.1, 0.15) is 62.2 Å². The van der Waals surface area contributed by atoms with E-state index in [0.29, 0.717) is 38.6 Å². The maximum absolute atomic E-state index is 13.7. The molecule has 1 saturated heterocycles. The van der Waals surface area contributed by atoms with Gasteiger partial charge in [0.15, 0.2) is 0 Å². The highest BCUT2D eigenvalue weighted by atomic mass is 19.1. The summed E-state index contributed by atoms with van der Waals surface area (Å²) in [7, 11) is 0. The van der Waals surface area contributed by atoms with E-state index in [-0.39, 0.29) is 17.5 Å². The molecule has 1 aromatic carbocycles. The highest BCUT2D eigenvalue weighted by molar-refractivity contribution is 5.94. The van der Waals surface area contributed by atoms with Crippen molar-refractivity contribution < 1.29 is 23.1 Å². The number of likely N-dealkylation sites (tertiary alicyclic amines) is 1. The van der Waals surface area contributed by atoms with Crippen molar-refractivity contribution in [3.05, 3.63) is 35.4 Å². The Labute approximate surface area is 153 Å². The van der Waals surface area contributed by atoms with Crippen molar-refractivity contribution in [1.82, 2.24) is 4.90 Å². The maximum Gasteiger partial charge on any atom is 0.309 e. The molecule has 1 fully saturated rings. The Kier molecular flexibility index (Phi) is 8.01. The molecular formula is C20H27F2NO3. The number of unbranched alkanes of at least 4 members (excludes halogenated alkanes) is 4. The summed E-state index contributed by atoms with van der Waals surface area (Å²) >= 11 is 0. The van der Waals surface area contributed by atoms with Crippen LogP contribution < -0.4 is 0 Å². The molecule has 1 amide bonds. The van der Waals surface area contributed by atoms with Gasteiger partial charge in [0, 0.05) is 19.2 Å². The molecule has 1 aliphatic rings. The number of rotatable bonds is 8. The average molecular weight is 367 g/mol. The molecule has 144 valence electrons. The largest absolute Gasteiger partial charge is 0.465 e. The number of nitrogens with zero attached hydrogens (tertiary/aromatic N) is 1. The molecular weight excluding hydrogens is 340 g/mol. The van der Waals surface area contributed by atoms with Gasteiger partial charge < -0.3 is 9.64 Å². The molecule has 0 bridgehead atoms. The number of esters is 1. The summed E-state index contributed by atoms with van der Waals surface area (Å²) in [4.78, 5) is 26.0. The number of ether oxygens (including phenoxy) is 1. The first-order valence-electron chi connectivity index (χ1n) is 9.44. The standard InChI is InChI=1S/C20H27F2NO3/c1-2-3-4-5-6-13-26-20(25)15-9-11-23(12-10-15)19(24)17-8-7-16(21)14-18(17)22/h7-8,14-15H,2-6,9-13H2,1H3. The first-order valence-corrected chi connectivity index (χ1v) is 9.44. The minimum atomic E-state index is -0.861. The fourth-order valence-electron chi connectivity index (χ4n) is 3.15. The van der Waals surface area contributed by atoms with Gasteiger partial charge in [-0.2, -0.15) is 0 Å². The number of halogens is 2. The van der Waals surface area contributed by atoms with E-state index < -0.39 is 17.5 Å². The van der Waals surface area contributed by atoms with Crippen molar-refractivity contribution in [3.63, 3.8) is 0 Å². The van der Waals surface area contributed by atoms with Gasteiger partial charge in [0.2, 0.25) is 0 Å². The summed E-state index contributed by atoms with van der Waals surface area (Å²) in [6.07, 6.45) is 6.50. The number of hydrogen-bond acceptors (Lipinski definition) is 3. The molecule has 4 nitrogen and oxygen atoms in total. The van der Waals surface area contributed by atoms with E-state index in [1.165, 1.54) is 17.7 Å². The normalized spacial score (nSPS) is 15.1. The van der Waals surface area contributed by atoms with E-state index in [0.717, 1.165) is 31.4 Å². The van der Waals surface area contributed by atoms with E-state index in [1.54, 1.807) is 0 Å². The lowest BCUT2D eigenvalue weighted by molar-refractivity contribution is -0.150. The molecule has 26 heavy (non-hydrogen) atoms. The summed E-state index contributed by atoms with van der Waals surface area (Å²) in [5, 5.41) is 0. The first kappa shape index (κ1) is 20.3. The van der Waals surface area contributed by atoms with Gasteiger partial charge in [-0.15, -0.1) is 0 Å². The summed E-state index contributed by atoms with van der Waals surface area (Å²) < 4.78 is 32.0. The molecule has 1 aliphatic heterocycles. The Hall–Kier alpha value is -1.98. The third-order valence-electron chi connectivity index (χ3n) is 4.77. The van der Waals surface area contributed by atoms with Gasteiger partial charge in [-0.1, -0.05) is 32.6 Å². The van der Waals surface area contributed by atoms with Crippen LogP contribution in [0.15, 0.2) is 18.2 Å². The zero-order valence-corrected chi connectivity index (χ0v) is 15.3. The van der Waals surface area contributed by atoms with E-state index >= 15 is 0 Å². The Balaban J connectivity index is 1.74. The highest BCUT2D eigenvalue weighted by Crippen LogP contribution is 2.21. The first-order chi connectivity index (χ1) is 12.5. The third-order valence-corrected chi connectivity index (χ3v) is 4.77. The van der Waals surface area contributed by atoms with Crippen LogP contribution in [0.25, 0.3) is 0 Å². The van der Waals surface area contributed by atoms with Crippen LogP contribution in [0, 0.1) is 17.6 Å². The zero-order valence-electron chi connectivity index (χ0n) is 15.3. The van der Waals surface area contributed by atoms with Crippen LogP contribution in [0.5, 0.6) is 0 Å². The molecule has 1 heterocycles. The van der Waals surface area contributed by atoms with Crippen molar-refractivity contribution >= 4 is 11.9 Å². The average Bonchev–Trinajstić information content (AvgIpc) is 2.64. The van der Waals surface area contributed by atoms with Gasteiger partial charge in [-0.3, -0.25) is 9.59 Å². The van der Waals surface area contributed by atoms with E-state index in [4.69, 9.17) is 4.74 Å². The minimum absolute atomic E-state index is 0.139. The zero-order chi connectivity index (χ0) is 18.9. The van der Waals surface area contributed by atoms with Crippen molar-refractivity contribution in [2.45, 2.75) is 51.9 Å². The maximum atomic E-state index is 13.7. The lowest BCUT2D eigenvalue weighted by Crippen LogP contribution is -2.41. The minimum Gasteiger partial charge on any atom is -0.465 e. The molecule has 0 unspecified atom stereocenters. The smallest absolute Gasteiger partial charge is 0.309 e. The molecule has 1 aromatic rings. The van der Waals surface area contributed by atoms with Gasteiger partial charge in [0.1, 0.15) is 11.6 Å².